The largest absolute Gasteiger partial charge is 0.478 e. The van der Waals surface area contributed by atoms with Gasteiger partial charge in [0.2, 0.25) is 0 Å². The van der Waals surface area contributed by atoms with Gasteiger partial charge in [-0.05, 0) is 34.1 Å². The van der Waals surface area contributed by atoms with E-state index in [4.69, 9.17) is 5.11 Å². The maximum absolute atomic E-state index is 10.7. The van der Waals surface area contributed by atoms with Gasteiger partial charge in [0.05, 0.1) is 5.56 Å². The van der Waals surface area contributed by atoms with Crippen LogP contribution in [0.2, 0.25) is 0 Å². The molecule has 1 aromatic rings. The van der Waals surface area contributed by atoms with Crippen LogP contribution in [0.25, 0.3) is 0 Å². The van der Waals surface area contributed by atoms with Gasteiger partial charge in [0.1, 0.15) is 0 Å². The van der Waals surface area contributed by atoms with Crippen LogP contribution in [0.15, 0.2) is 22.7 Å². The third-order valence-corrected chi connectivity index (χ3v) is 2.56. The van der Waals surface area contributed by atoms with Crippen LogP contribution >= 0.6 is 28.6 Å². The Hall–Kier alpha value is -0.920. The highest BCUT2D eigenvalue weighted by Gasteiger charge is 2.04. The van der Waals surface area contributed by atoms with E-state index in [1.54, 1.807) is 12.1 Å². The third-order valence-electron chi connectivity index (χ3n) is 1.68. The lowest BCUT2D eigenvalue weighted by atomic mass is 10.1. The SMILES string of the molecule is O=C(O)c1ccc(C#CCCS)c(Br)c1. The normalized spacial score (nSPS) is 9.20. The molecule has 0 fully saturated rings. The van der Waals surface area contributed by atoms with Crippen molar-refractivity contribution in [2.24, 2.45) is 0 Å². The second kappa shape index (κ2) is 5.84. The summed E-state index contributed by atoms with van der Waals surface area (Å²) in [6, 6.07) is 4.78. The fraction of sp³-hybridized carbons (Fsp3) is 0.182. The number of hydrogen-bond donors (Lipinski definition) is 2. The van der Waals surface area contributed by atoms with Crippen molar-refractivity contribution in [3.8, 4) is 11.8 Å². The van der Waals surface area contributed by atoms with Crippen LogP contribution in [-0.2, 0) is 0 Å². The van der Waals surface area contributed by atoms with E-state index < -0.39 is 5.97 Å². The van der Waals surface area contributed by atoms with Gasteiger partial charge < -0.3 is 5.11 Å². The summed E-state index contributed by atoms with van der Waals surface area (Å²) in [5.41, 5.74) is 1.04. The van der Waals surface area contributed by atoms with Gasteiger partial charge in [0, 0.05) is 22.2 Å². The highest BCUT2D eigenvalue weighted by Crippen LogP contribution is 2.17. The van der Waals surface area contributed by atoms with Gasteiger partial charge in [-0.15, -0.1) is 0 Å². The molecule has 0 aliphatic heterocycles. The van der Waals surface area contributed by atoms with Crippen molar-refractivity contribution in [1.29, 1.82) is 0 Å². The first-order valence-electron chi connectivity index (χ1n) is 4.27. The molecule has 1 aromatic carbocycles. The first kappa shape index (κ1) is 12.2. The van der Waals surface area contributed by atoms with Crippen molar-refractivity contribution < 1.29 is 9.90 Å². The maximum atomic E-state index is 10.7. The molecule has 0 atom stereocenters. The van der Waals surface area contributed by atoms with Crippen molar-refractivity contribution in [3.63, 3.8) is 0 Å². The Bertz CT molecular complexity index is 432. The molecule has 0 heterocycles. The zero-order chi connectivity index (χ0) is 11.3. The van der Waals surface area contributed by atoms with Gasteiger partial charge in [-0.2, -0.15) is 12.6 Å². The van der Waals surface area contributed by atoms with Crippen molar-refractivity contribution in [2.45, 2.75) is 6.42 Å². The van der Waals surface area contributed by atoms with E-state index in [1.165, 1.54) is 6.07 Å². The first-order valence-corrected chi connectivity index (χ1v) is 5.70. The van der Waals surface area contributed by atoms with Crippen molar-refractivity contribution >= 4 is 34.5 Å². The van der Waals surface area contributed by atoms with Gasteiger partial charge in [-0.1, -0.05) is 11.8 Å². The Morgan fingerprint density at radius 2 is 2.27 bits per heavy atom. The smallest absolute Gasteiger partial charge is 0.335 e. The fourth-order valence-electron chi connectivity index (χ4n) is 0.963. The van der Waals surface area contributed by atoms with E-state index in [9.17, 15) is 4.79 Å². The van der Waals surface area contributed by atoms with E-state index in [1.807, 2.05) is 0 Å². The Labute approximate surface area is 102 Å². The molecule has 0 aromatic heterocycles. The van der Waals surface area contributed by atoms with Gasteiger partial charge in [-0.3, -0.25) is 0 Å². The number of carboxylic acids is 1. The Morgan fingerprint density at radius 3 is 2.80 bits per heavy atom. The van der Waals surface area contributed by atoms with Crippen molar-refractivity contribution in [2.75, 3.05) is 5.75 Å². The molecule has 2 nitrogen and oxygen atoms in total. The molecule has 0 spiro atoms. The molecule has 1 N–H and O–H groups in total. The Balaban J connectivity index is 2.95. The minimum Gasteiger partial charge on any atom is -0.478 e. The maximum Gasteiger partial charge on any atom is 0.335 e. The number of rotatable bonds is 2. The second-order valence-corrected chi connectivity index (χ2v) is 4.08. The summed E-state index contributed by atoms with van der Waals surface area (Å²) in [7, 11) is 0. The fourth-order valence-corrected chi connectivity index (χ4v) is 1.55. The van der Waals surface area contributed by atoms with E-state index >= 15 is 0 Å². The predicted molar refractivity (Wildman–Crippen MR) is 66.4 cm³/mol. The summed E-state index contributed by atoms with van der Waals surface area (Å²) in [4.78, 5) is 10.7. The number of benzene rings is 1. The molecule has 78 valence electrons. The molecule has 0 aliphatic rings. The van der Waals surface area contributed by atoms with Gasteiger partial charge in [-0.25, -0.2) is 4.79 Å². The molecular formula is C11H9BrO2S. The molecule has 0 unspecified atom stereocenters. The summed E-state index contributed by atoms with van der Waals surface area (Å²) < 4.78 is 0.703. The third kappa shape index (κ3) is 3.61. The molecular weight excluding hydrogens is 276 g/mol. The number of hydrogen-bond acceptors (Lipinski definition) is 2. The van der Waals surface area contributed by atoms with Crippen LogP contribution in [-0.4, -0.2) is 16.8 Å². The lowest BCUT2D eigenvalue weighted by Gasteiger charge is -1.98. The molecule has 4 heteroatoms. The molecule has 0 saturated heterocycles. The standard InChI is InChI=1S/C11H9BrO2S/c12-10-7-9(11(13)14)5-4-8(10)3-1-2-6-15/h4-5,7,15H,2,6H2,(H,13,14). The van der Waals surface area contributed by atoms with E-state index in [-0.39, 0.29) is 5.56 Å². The summed E-state index contributed by atoms with van der Waals surface area (Å²) in [5, 5.41) is 8.75. The van der Waals surface area contributed by atoms with E-state index in [0.29, 0.717) is 4.47 Å². The lowest BCUT2D eigenvalue weighted by molar-refractivity contribution is 0.0697. The van der Waals surface area contributed by atoms with Crippen LogP contribution in [0.5, 0.6) is 0 Å². The van der Waals surface area contributed by atoms with Gasteiger partial charge in [0.15, 0.2) is 0 Å². The van der Waals surface area contributed by atoms with Crippen molar-refractivity contribution in [3.05, 3.63) is 33.8 Å². The summed E-state index contributed by atoms with van der Waals surface area (Å²) in [6.07, 6.45) is 0.718. The number of thiol groups is 1. The Morgan fingerprint density at radius 1 is 1.53 bits per heavy atom. The topological polar surface area (TPSA) is 37.3 Å². The molecule has 0 bridgehead atoms. The average molecular weight is 285 g/mol. The molecule has 0 radical (unpaired) electrons. The molecule has 0 aliphatic carbocycles. The molecule has 1 rings (SSSR count). The van der Waals surface area contributed by atoms with Crippen LogP contribution in [0.4, 0.5) is 0 Å². The van der Waals surface area contributed by atoms with E-state index in [0.717, 1.165) is 17.7 Å². The number of aromatic carboxylic acids is 1. The first-order chi connectivity index (χ1) is 7.15. The monoisotopic (exact) mass is 284 g/mol. The number of carboxylic acid groups (broad SMARTS) is 1. The van der Waals surface area contributed by atoms with Gasteiger partial charge in [0.25, 0.3) is 0 Å². The number of halogens is 1. The zero-order valence-electron chi connectivity index (χ0n) is 7.83. The summed E-state index contributed by atoms with van der Waals surface area (Å²) >= 11 is 7.33. The average Bonchev–Trinajstić information content (AvgIpc) is 2.20. The molecule has 0 saturated carbocycles. The predicted octanol–water partition coefficient (Wildman–Crippen LogP) is 2.82. The van der Waals surface area contributed by atoms with Crippen LogP contribution in [0.3, 0.4) is 0 Å². The zero-order valence-corrected chi connectivity index (χ0v) is 10.3. The van der Waals surface area contributed by atoms with E-state index in [2.05, 4.69) is 40.4 Å². The second-order valence-electron chi connectivity index (χ2n) is 2.78. The van der Waals surface area contributed by atoms with Crippen LogP contribution < -0.4 is 0 Å². The lowest BCUT2D eigenvalue weighted by Crippen LogP contribution is -1.96. The minimum atomic E-state index is -0.939. The highest BCUT2D eigenvalue weighted by atomic mass is 79.9. The Kier molecular flexibility index (Phi) is 4.73. The van der Waals surface area contributed by atoms with Crippen LogP contribution in [0.1, 0.15) is 22.3 Å². The number of carbonyl (C=O) groups is 1. The minimum absolute atomic E-state index is 0.252. The van der Waals surface area contributed by atoms with Crippen LogP contribution in [0, 0.1) is 11.8 Å². The quantitative estimate of drug-likeness (QED) is 0.647. The summed E-state index contributed by atoms with van der Waals surface area (Å²) in [5.74, 6) is 5.66. The van der Waals surface area contributed by atoms with Gasteiger partial charge >= 0.3 is 5.97 Å². The molecule has 15 heavy (non-hydrogen) atoms. The van der Waals surface area contributed by atoms with Crippen molar-refractivity contribution in [1.82, 2.24) is 0 Å². The molecule has 0 amide bonds. The highest BCUT2D eigenvalue weighted by molar-refractivity contribution is 9.10. The summed E-state index contributed by atoms with van der Waals surface area (Å²) in [6.45, 7) is 0.